The smallest absolute Gasteiger partial charge is 0.121 e. The molecule has 0 saturated carbocycles. The van der Waals surface area contributed by atoms with Gasteiger partial charge in [-0.25, -0.2) is 4.98 Å². The van der Waals surface area contributed by atoms with Crippen LogP contribution >= 0.6 is 0 Å². The molecule has 0 spiro atoms. The predicted octanol–water partition coefficient (Wildman–Crippen LogP) is 2.46. The van der Waals surface area contributed by atoms with Gasteiger partial charge in [0.25, 0.3) is 0 Å². The fourth-order valence-corrected chi connectivity index (χ4v) is 2.13. The van der Waals surface area contributed by atoms with Gasteiger partial charge in [0.2, 0.25) is 0 Å². The number of aliphatic hydroxyl groups is 1. The highest BCUT2D eigenvalue weighted by molar-refractivity contribution is 5.32. The molecule has 1 atom stereocenters. The Bertz CT molecular complexity index is 532. The number of nitrogens with zero attached hydrogens (tertiary/aromatic N) is 2. The van der Waals surface area contributed by atoms with Gasteiger partial charge in [-0.15, -0.1) is 0 Å². The molecule has 2 rings (SSSR count). The first-order valence-electron chi connectivity index (χ1n) is 6.58. The standard InChI is InChI=1S/C15H20N2O2/c1-4-14-16-10-13(17(14)3)15(18)11-6-8-12(9-7-11)19-5-2/h6-10,15,18H,4-5H2,1-3H3/t15-/m1/s1. The molecule has 4 heteroatoms. The van der Waals surface area contributed by atoms with Gasteiger partial charge in [-0.2, -0.15) is 0 Å². The van der Waals surface area contributed by atoms with Crippen molar-refractivity contribution >= 4 is 0 Å². The summed E-state index contributed by atoms with van der Waals surface area (Å²) in [6, 6.07) is 7.51. The van der Waals surface area contributed by atoms with Crippen molar-refractivity contribution in [3.05, 3.63) is 47.5 Å². The average molecular weight is 260 g/mol. The Morgan fingerprint density at radius 3 is 2.47 bits per heavy atom. The molecular weight excluding hydrogens is 240 g/mol. The highest BCUT2D eigenvalue weighted by atomic mass is 16.5. The maximum Gasteiger partial charge on any atom is 0.121 e. The maximum atomic E-state index is 10.4. The Balaban J connectivity index is 2.22. The number of hydrogen-bond acceptors (Lipinski definition) is 3. The molecule has 0 aliphatic carbocycles. The minimum absolute atomic E-state index is 0.642. The quantitative estimate of drug-likeness (QED) is 0.898. The van der Waals surface area contributed by atoms with Gasteiger partial charge >= 0.3 is 0 Å². The van der Waals surface area contributed by atoms with Crippen LogP contribution in [0.25, 0.3) is 0 Å². The summed E-state index contributed by atoms with van der Waals surface area (Å²) in [4.78, 5) is 4.31. The molecule has 1 heterocycles. The van der Waals surface area contributed by atoms with Crippen molar-refractivity contribution in [1.82, 2.24) is 9.55 Å². The minimum Gasteiger partial charge on any atom is -0.494 e. The van der Waals surface area contributed by atoms with E-state index in [0.717, 1.165) is 29.3 Å². The molecule has 2 aromatic rings. The van der Waals surface area contributed by atoms with Gasteiger partial charge < -0.3 is 14.4 Å². The highest BCUT2D eigenvalue weighted by Crippen LogP contribution is 2.24. The third-order valence-electron chi connectivity index (χ3n) is 3.22. The third kappa shape index (κ3) is 2.79. The fraction of sp³-hybridized carbons (Fsp3) is 0.400. The summed E-state index contributed by atoms with van der Waals surface area (Å²) in [7, 11) is 1.93. The molecule has 1 aromatic carbocycles. The van der Waals surface area contributed by atoms with Gasteiger partial charge in [0.15, 0.2) is 0 Å². The van der Waals surface area contributed by atoms with Gasteiger partial charge in [-0.05, 0) is 24.6 Å². The molecule has 0 saturated heterocycles. The number of ether oxygens (including phenoxy) is 1. The van der Waals surface area contributed by atoms with Gasteiger partial charge in [-0.1, -0.05) is 19.1 Å². The molecule has 0 amide bonds. The molecular formula is C15H20N2O2. The molecule has 0 aliphatic rings. The zero-order valence-corrected chi connectivity index (χ0v) is 11.6. The summed E-state index contributed by atoms with van der Waals surface area (Å²) in [5.41, 5.74) is 1.65. The second-order valence-electron chi connectivity index (χ2n) is 4.42. The number of aryl methyl sites for hydroxylation is 1. The average Bonchev–Trinajstić information content (AvgIpc) is 2.80. The van der Waals surface area contributed by atoms with Crippen LogP contribution in [0.3, 0.4) is 0 Å². The van der Waals surface area contributed by atoms with E-state index in [0.29, 0.717) is 6.61 Å². The van der Waals surface area contributed by atoms with Crippen LogP contribution in [0.4, 0.5) is 0 Å². The SMILES string of the molecule is CCOc1ccc([C@@H](O)c2cnc(CC)n2C)cc1. The van der Waals surface area contributed by atoms with Gasteiger partial charge in [-0.3, -0.25) is 0 Å². The second kappa shape index (κ2) is 5.89. The van der Waals surface area contributed by atoms with E-state index in [4.69, 9.17) is 4.74 Å². The Morgan fingerprint density at radius 2 is 1.95 bits per heavy atom. The molecule has 0 aliphatic heterocycles. The van der Waals surface area contributed by atoms with Crippen LogP contribution in [-0.2, 0) is 13.5 Å². The van der Waals surface area contributed by atoms with E-state index in [-0.39, 0.29) is 0 Å². The van der Waals surface area contributed by atoms with Crippen LogP contribution in [0.5, 0.6) is 5.75 Å². The van der Waals surface area contributed by atoms with Crippen molar-refractivity contribution < 1.29 is 9.84 Å². The van der Waals surface area contributed by atoms with Crippen LogP contribution in [0.15, 0.2) is 30.5 Å². The molecule has 4 nitrogen and oxygen atoms in total. The lowest BCUT2D eigenvalue weighted by Gasteiger charge is -2.13. The van der Waals surface area contributed by atoms with Gasteiger partial charge in [0, 0.05) is 13.5 Å². The van der Waals surface area contributed by atoms with Gasteiger partial charge in [0.1, 0.15) is 17.7 Å². The zero-order chi connectivity index (χ0) is 13.8. The number of rotatable bonds is 5. The van der Waals surface area contributed by atoms with Gasteiger partial charge in [0.05, 0.1) is 18.5 Å². The molecule has 19 heavy (non-hydrogen) atoms. The summed E-state index contributed by atoms with van der Waals surface area (Å²) >= 11 is 0. The summed E-state index contributed by atoms with van der Waals surface area (Å²) in [6.45, 7) is 4.64. The minimum atomic E-state index is -0.659. The molecule has 102 valence electrons. The van der Waals surface area contributed by atoms with Crippen LogP contribution in [0.1, 0.15) is 37.0 Å². The normalized spacial score (nSPS) is 12.4. The lowest BCUT2D eigenvalue weighted by Crippen LogP contribution is -2.07. The van der Waals surface area contributed by atoms with Crippen LogP contribution in [-0.4, -0.2) is 21.3 Å². The van der Waals surface area contributed by atoms with Crippen LogP contribution in [0.2, 0.25) is 0 Å². The maximum absolute atomic E-state index is 10.4. The van der Waals surface area contributed by atoms with Crippen LogP contribution < -0.4 is 4.74 Å². The van der Waals surface area contributed by atoms with E-state index in [1.54, 1.807) is 6.20 Å². The fourth-order valence-electron chi connectivity index (χ4n) is 2.13. The Hall–Kier alpha value is -1.81. The third-order valence-corrected chi connectivity index (χ3v) is 3.22. The van der Waals surface area contributed by atoms with E-state index >= 15 is 0 Å². The second-order valence-corrected chi connectivity index (χ2v) is 4.42. The number of hydrogen-bond donors (Lipinski definition) is 1. The first kappa shape index (κ1) is 13.6. The number of aliphatic hydroxyl groups excluding tert-OH is 1. The Morgan fingerprint density at radius 1 is 1.26 bits per heavy atom. The van der Waals surface area contributed by atoms with Crippen molar-refractivity contribution in [2.45, 2.75) is 26.4 Å². The largest absolute Gasteiger partial charge is 0.494 e. The monoisotopic (exact) mass is 260 g/mol. The highest BCUT2D eigenvalue weighted by Gasteiger charge is 2.16. The predicted molar refractivity (Wildman–Crippen MR) is 74.3 cm³/mol. The van der Waals surface area contributed by atoms with E-state index < -0.39 is 6.10 Å². The number of imidazole rings is 1. The lowest BCUT2D eigenvalue weighted by atomic mass is 10.1. The van der Waals surface area contributed by atoms with Crippen molar-refractivity contribution in [3.63, 3.8) is 0 Å². The number of benzene rings is 1. The van der Waals surface area contributed by atoms with Crippen molar-refractivity contribution in [2.24, 2.45) is 7.05 Å². The number of aromatic nitrogens is 2. The molecule has 1 aromatic heterocycles. The van der Waals surface area contributed by atoms with Crippen LogP contribution in [0, 0.1) is 0 Å². The molecule has 0 fully saturated rings. The molecule has 1 N–H and O–H groups in total. The summed E-state index contributed by atoms with van der Waals surface area (Å²) < 4.78 is 7.34. The van der Waals surface area contributed by atoms with Crippen molar-refractivity contribution in [3.8, 4) is 5.75 Å². The van der Waals surface area contributed by atoms with E-state index in [9.17, 15) is 5.11 Å². The molecule has 0 unspecified atom stereocenters. The van der Waals surface area contributed by atoms with Crippen molar-refractivity contribution in [1.29, 1.82) is 0 Å². The zero-order valence-electron chi connectivity index (χ0n) is 11.6. The summed E-state index contributed by atoms with van der Waals surface area (Å²) in [5, 5.41) is 10.4. The van der Waals surface area contributed by atoms with E-state index in [1.165, 1.54) is 0 Å². The first-order chi connectivity index (χ1) is 9.17. The summed E-state index contributed by atoms with van der Waals surface area (Å²) in [5.74, 6) is 1.79. The van der Waals surface area contributed by atoms with E-state index in [1.807, 2.05) is 42.8 Å². The van der Waals surface area contributed by atoms with Crippen molar-refractivity contribution in [2.75, 3.05) is 6.61 Å². The Kier molecular flexibility index (Phi) is 4.22. The molecule has 0 bridgehead atoms. The molecule has 0 radical (unpaired) electrons. The van der Waals surface area contributed by atoms with E-state index in [2.05, 4.69) is 11.9 Å². The first-order valence-corrected chi connectivity index (χ1v) is 6.58. The topological polar surface area (TPSA) is 47.3 Å². The Labute approximate surface area is 113 Å². The lowest BCUT2D eigenvalue weighted by molar-refractivity contribution is 0.211. The summed E-state index contributed by atoms with van der Waals surface area (Å²) in [6.07, 6.45) is 1.93.